The number of rotatable bonds is 10. The number of carbonyl (C=O) groups excluding carboxylic acids is 2. The van der Waals surface area contributed by atoms with E-state index in [0.29, 0.717) is 33.4 Å². The van der Waals surface area contributed by atoms with E-state index in [1.165, 1.54) is 24.7 Å². The second-order valence-corrected chi connectivity index (χ2v) is 9.15. The van der Waals surface area contributed by atoms with E-state index in [9.17, 15) is 9.59 Å². The number of hydrogen-bond donors (Lipinski definition) is 1. The van der Waals surface area contributed by atoms with Crippen molar-refractivity contribution in [1.82, 2.24) is 5.43 Å². The highest BCUT2D eigenvalue weighted by Crippen LogP contribution is 2.37. The Morgan fingerprint density at radius 1 is 1.05 bits per heavy atom. The summed E-state index contributed by atoms with van der Waals surface area (Å²) in [7, 11) is 1.46. The Labute approximate surface area is 222 Å². The number of halogens is 1. The molecule has 0 fully saturated rings. The Bertz CT molecular complexity index is 1480. The van der Waals surface area contributed by atoms with Crippen LogP contribution in [0.4, 0.5) is 0 Å². The molecular weight excluding hydrogens is 512 g/mol. The molecule has 0 bridgehead atoms. The maximum Gasteiger partial charge on any atom is 0.355 e. The predicted molar refractivity (Wildman–Crippen MR) is 146 cm³/mol. The van der Waals surface area contributed by atoms with E-state index in [0.717, 1.165) is 15.6 Å². The molecule has 0 atom stereocenters. The van der Waals surface area contributed by atoms with Crippen LogP contribution in [0, 0.1) is 0 Å². The minimum atomic E-state index is -0.576. The summed E-state index contributed by atoms with van der Waals surface area (Å²) in [4.78, 5) is 25.2. The molecule has 1 heterocycles. The largest absolute Gasteiger partial charge is 0.493 e. The molecule has 37 heavy (non-hydrogen) atoms. The second kappa shape index (κ2) is 12.2. The molecular formula is C28H23ClN2O5S. The maximum absolute atomic E-state index is 12.8. The summed E-state index contributed by atoms with van der Waals surface area (Å²) in [6.07, 6.45) is 3.85. The molecule has 3 aromatic carbocycles. The summed E-state index contributed by atoms with van der Waals surface area (Å²) >= 11 is 7.66. The van der Waals surface area contributed by atoms with Gasteiger partial charge in [0.15, 0.2) is 18.1 Å². The van der Waals surface area contributed by atoms with Gasteiger partial charge in [-0.1, -0.05) is 54.1 Å². The van der Waals surface area contributed by atoms with E-state index in [-0.39, 0.29) is 12.4 Å². The molecule has 4 rings (SSSR count). The molecule has 0 aliphatic carbocycles. The highest BCUT2D eigenvalue weighted by molar-refractivity contribution is 7.21. The van der Waals surface area contributed by atoms with Gasteiger partial charge in [-0.15, -0.1) is 17.9 Å². The van der Waals surface area contributed by atoms with Gasteiger partial charge in [0.1, 0.15) is 10.6 Å². The van der Waals surface area contributed by atoms with E-state index >= 15 is 0 Å². The van der Waals surface area contributed by atoms with Gasteiger partial charge in [0.25, 0.3) is 5.91 Å². The average molecular weight is 535 g/mol. The van der Waals surface area contributed by atoms with Crippen molar-refractivity contribution in [1.29, 1.82) is 0 Å². The van der Waals surface area contributed by atoms with Gasteiger partial charge in [-0.05, 0) is 47.9 Å². The second-order valence-electron chi connectivity index (χ2n) is 7.72. The molecule has 0 aliphatic rings. The summed E-state index contributed by atoms with van der Waals surface area (Å²) in [5.41, 5.74) is 3.98. The van der Waals surface area contributed by atoms with E-state index in [1.807, 2.05) is 42.5 Å². The molecule has 1 N–H and O–H groups in total. The van der Waals surface area contributed by atoms with Crippen LogP contribution in [0.1, 0.15) is 20.8 Å². The monoisotopic (exact) mass is 534 g/mol. The molecule has 0 saturated carbocycles. The van der Waals surface area contributed by atoms with Crippen LogP contribution in [-0.4, -0.2) is 31.8 Å². The van der Waals surface area contributed by atoms with Crippen molar-refractivity contribution in [2.75, 3.05) is 13.7 Å². The first kappa shape index (κ1) is 25.9. The van der Waals surface area contributed by atoms with Crippen molar-refractivity contribution in [3.63, 3.8) is 0 Å². The first-order valence-electron chi connectivity index (χ1n) is 11.2. The van der Waals surface area contributed by atoms with Gasteiger partial charge in [-0.3, -0.25) is 4.79 Å². The highest BCUT2D eigenvalue weighted by atomic mass is 35.5. The molecule has 9 heteroatoms. The lowest BCUT2D eigenvalue weighted by Gasteiger charge is -2.10. The molecule has 0 radical (unpaired) electrons. The Balaban J connectivity index is 1.36. The summed E-state index contributed by atoms with van der Waals surface area (Å²) in [6.45, 7) is 3.54. The van der Waals surface area contributed by atoms with Gasteiger partial charge in [-0.2, -0.15) is 5.10 Å². The van der Waals surface area contributed by atoms with Gasteiger partial charge < -0.3 is 14.2 Å². The van der Waals surface area contributed by atoms with Gasteiger partial charge in [0, 0.05) is 10.1 Å². The molecule has 4 aromatic rings. The lowest BCUT2D eigenvalue weighted by atomic mass is 10.1. The Morgan fingerprint density at radius 2 is 1.84 bits per heavy atom. The predicted octanol–water partition coefficient (Wildman–Crippen LogP) is 6.04. The molecule has 188 valence electrons. The lowest BCUT2D eigenvalue weighted by molar-refractivity contribution is -0.123. The van der Waals surface area contributed by atoms with Crippen molar-refractivity contribution in [3.8, 4) is 17.2 Å². The average Bonchev–Trinajstić information content (AvgIpc) is 3.25. The minimum Gasteiger partial charge on any atom is -0.493 e. The van der Waals surface area contributed by atoms with Crippen LogP contribution in [0.25, 0.3) is 10.1 Å². The minimum absolute atomic E-state index is 0.190. The molecule has 0 saturated heterocycles. The van der Waals surface area contributed by atoms with E-state index in [2.05, 4.69) is 17.1 Å². The molecule has 1 amide bonds. The zero-order chi connectivity index (χ0) is 26.2. The summed E-state index contributed by atoms with van der Waals surface area (Å²) in [6, 6.07) is 19.8. The molecule has 1 aromatic heterocycles. The molecule has 0 aliphatic heterocycles. The number of methoxy groups -OCH3 is 1. The van der Waals surface area contributed by atoms with Crippen LogP contribution in [-0.2, 0) is 11.2 Å². The fourth-order valence-electron chi connectivity index (χ4n) is 3.46. The Kier molecular flexibility index (Phi) is 8.56. The molecule has 0 spiro atoms. The summed E-state index contributed by atoms with van der Waals surface area (Å²) in [5, 5.41) is 5.12. The van der Waals surface area contributed by atoms with Crippen molar-refractivity contribution in [3.05, 3.63) is 100 Å². The number of hydrazone groups is 1. The van der Waals surface area contributed by atoms with E-state index in [1.54, 1.807) is 30.3 Å². The van der Waals surface area contributed by atoms with Crippen LogP contribution in [0.3, 0.4) is 0 Å². The number of para-hydroxylation sites is 1. The first-order valence-corrected chi connectivity index (χ1v) is 12.4. The third-order valence-electron chi connectivity index (χ3n) is 5.21. The van der Waals surface area contributed by atoms with Gasteiger partial charge in [0.2, 0.25) is 0 Å². The fourth-order valence-corrected chi connectivity index (χ4v) is 4.85. The quantitative estimate of drug-likeness (QED) is 0.0881. The number of thiophene rings is 1. The smallest absolute Gasteiger partial charge is 0.355 e. The third-order valence-corrected chi connectivity index (χ3v) is 6.86. The number of amides is 1. The number of nitrogens with zero attached hydrogens (tertiary/aromatic N) is 1. The number of allylic oxidation sites excluding steroid dienone is 1. The zero-order valence-electron chi connectivity index (χ0n) is 19.9. The lowest BCUT2D eigenvalue weighted by Crippen LogP contribution is -2.24. The standard InChI is InChI=1S/C28H23ClN2O5S/c1-3-8-19-9-4-6-11-21(19)35-17-25(32)31-30-16-18-13-14-22(23(15-18)34-2)36-28(33)27-26(29)20-10-5-7-12-24(20)37-27/h3-7,9-16H,1,8,17H2,2H3,(H,31,32). The topological polar surface area (TPSA) is 86.2 Å². The molecule has 7 nitrogen and oxygen atoms in total. The van der Waals surface area contributed by atoms with E-state index in [4.69, 9.17) is 25.8 Å². The normalized spacial score (nSPS) is 10.9. The number of nitrogens with one attached hydrogen (secondary N) is 1. The summed E-state index contributed by atoms with van der Waals surface area (Å²) < 4.78 is 17.4. The van der Waals surface area contributed by atoms with Crippen LogP contribution in [0.5, 0.6) is 17.2 Å². The van der Waals surface area contributed by atoms with Gasteiger partial charge in [0.05, 0.1) is 18.3 Å². The number of esters is 1. The summed E-state index contributed by atoms with van der Waals surface area (Å²) in [5.74, 6) is 0.181. The highest BCUT2D eigenvalue weighted by Gasteiger charge is 2.20. The molecule has 0 unspecified atom stereocenters. The number of hydrogen-bond acceptors (Lipinski definition) is 7. The SMILES string of the molecule is C=CCc1ccccc1OCC(=O)NN=Cc1ccc(OC(=O)c2sc3ccccc3c2Cl)c(OC)c1. The van der Waals surface area contributed by atoms with Crippen LogP contribution in [0.15, 0.2) is 84.5 Å². The van der Waals surface area contributed by atoms with Gasteiger partial charge in [-0.25, -0.2) is 10.2 Å². The van der Waals surface area contributed by atoms with Crippen LogP contribution >= 0.6 is 22.9 Å². The number of ether oxygens (including phenoxy) is 3. The van der Waals surface area contributed by atoms with Crippen molar-refractivity contribution >= 4 is 51.1 Å². The maximum atomic E-state index is 12.8. The van der Waals surface area contributed by atoms with E-state index < -0.39 is 11.9 Å². The fraction of sp³-hybridized carbons (Fsp3) is 0.107. The first-order chi connectivity index (χ1) is 18.0. The zero-order valence-corrected chi connectivity index (χ0v) is 21.5. The van der Waals surface area contributed by atoms with Crippen LogP contribution < -0.4 is 19.6 Å². The Hall–Kier alpha value is -4.14. The number of carbonyl (C=O) groups is 2. The van der Waals surface area contributed by atoms with Crippen molar-refractivity contribution in [2.24, 2.45) is 5.10 Å². The van der Waals surface area contributed by atoms with Gasteiger partial charge >= 0.3 is 5.97 Å². The number of benzene rings is 3. The van der Waals surface area contributed by atoms with Crippen LogP contribution in [0.2, 0.25) is 5.02 Å². The Morgan fingerprint density at radius 3 is 2.62 bits per heavy atom. The van der Waals surface area contributed by atoms with Crippen molar-refractivity contribution in [2.45, 2.75) is 6.42 Å². The number of fused-ring (bicyclic) bond motifs is 1. The third kappa shape index (κ3) is 6.35. The van der Waals surface area contributed by atoms with Crippen molar-refractivity contribution < 1.29 is 23.8 Å².